The highest BCUT2D eigenvalue weighted by molar-refractivity contribution is 7.15. The highest BCUT2D eigenvalue weighted by Gasteiger charge is 2.33. The van der Waals surface area contributed by atoms with Crippen LogP contribution in [0.1, 0.15) is 23.3 Å². The predicted molar refractivity (Wildman–Crippen MR) is 110 cm³/mol. The number of pyridine rings is 2. The number of anilines is 2. The van der Waals surface area contributed by atoms with Crippen LogP contribution < -0.4 is 10.6 Å². The minimum absolute atomic E-state index is 0.00492. The van der Waals surface area contributed by atoms with Crippen LogP contribution in [0.5, 0.6) is 0 Å². The number of carbonyl (C=O) groups excluding carboxylic acids is 2. The number of carbonyl (C=O) groups is 2. The smallest absolute Gasteiger partial charge is 0.307 e. The topological polar surface area (TPSA) is 96.9 Å². The lowest BCUT2D eigenvalue weighted by Crippen LogP contribution is -2.19. The van der Waals surface area contributed by atoms with Crippen LogP contribution in [0.4, 0.5) is 28.5 Å². The summed E-state index contributed by atoms with van der Waals surface area (Å²) < 4.78 is 52.6. The quantitative estimate of drug-likeness (QED) is 0.409. The Bertz CT molecular complexity index is 1180. The van der Waals surface area contributed by atoms with Crippen molar-refractivity contribution in [1.29, 1.82) is 0 Å². The molecule has 2 N–H and O–H groups in total. The van der Waals surface area contributed by atoms with Crippen molar-refractivity contribution in [2.75, 3.05) is 10.6 Å². The number of nitrogens with zero attached hydrogens (tertiary/aromatic N) is 3. The van der Waals surface area contributed by atoms with E-state index in [9.17, 15) is 27.2 Å². The number of nitrogens with one attached hydrogen (secondary N) is 2. The molecule has 0 saturated carbocycles. The van der Waals surface area contributed by atoms with E-state index in [4.69, 9.17) is 0 Å². The monoisotopic (exact) mass is 465 g/mol. The second-order valence-corrected chi connectivity index (χ2v) is 7.52. The van der Waals surface area contributed by atoms with E-state index in [1.165, 1.54) is 31.6 Å². The zero-order chi connectivity index (χ0) is 23.5. The van der Waals surface area contributed by atoms with E-state index < -0.39 is 34.6 Å². The molecule has 0 radical (unpaired) electrons. The van der Waals surface area contributed by atoms with E-state index in [1.54, 1.807) is 0 Å². The molecule has 0 aromatic carbocycles. The van der Waals surface area contributed by atoms with E-state index in [2.05, 4.69) is 32.2 Å². The molecule has 0 fully saturated rings. The van der Waals surface area contributed by atoms with Crippen molar-refractivity contribution in [1.82, 2.24) is 15.0 Å². The Balaban J connectivity index is 1.78. The lowest BCUT2D eigenvalue weighted by molar-refractivity contribution is -0.134. The third-order valence-corrected chi connectivity index (χ3v) is 5.23. The van der Waals surface area contributed by atoms with Gasteiger partial charge in [-0.2, -0.15) is 13.2 Å². The van der Waals surface area contributed by atoms with Gasteiger partial charge in [0, 0.05) is 35.8 Å². The summed E-state index contributed by atoms with van der Waals surface area (Å²) in [6.45, 7) is 4.82. The second-order valence-electron chi connectivity index (χ2n) is 6.49. The van der Waals surface area contributed by atoms with Gasteiger partial charge in [0.25, 0.3) is 0 Å². The predicted octanol–water partition coefficient (Wildman–Crippen LogP) is 4.62. The summed E-state index contributed by atoms with van der Waals surface area (Å²) in [5.74, 6) is -2.65. The van der Waals surface area contributed by atoms with Crippen LogP contribution in [0.25, 0.3) is 11.1 Å². The molecule has 0 spiro atoms. The highest BCUT2D eigenvalue weighted by atomic mass is 32.1. The van der Waals surface area contributed by atoms with Crippen molar-refractivity contribution in [3.8, 4) is 11.1 Å². The molecular formula is C20H15F4N5O2S. The van der Waals surface area contributed by atoms with Crippen LogP contribution in [0.3, 0.4) is 0 Å². The lowest BCUT2D eigenvalue weighted by atomic mass is 9.99. The maximum absolute atomic E-state index is 14.5. The molecular weight excluding hydrogens is 450 g/mol. The largest absolute Gasteiger partial charge is 0.427 e. The van der Waals surface area contributed by atoms with Gasteiger partial charge in [0.15, 0.2) is 5.13 Å². The molecule has 2 amide bonds. The van der Waals surface area contributed by atoms with E-state index in [-0.39, 0.29) is 16.5 Å². The molecule has 3 heterocycles. The lowest BCUT2D eigenvalue weighted by Gasteiger charge is -2.12. The SMILES string of the molecule is C=CC(=O)Nc1cc(F)c(-c2cncc(C(C)C(=O)Nc3ncc(C(F)(F)F)s3)c2)cn1. The summed E-state index contributed by atoms with van der Waals surface area (Å²) in [6, 6.07) is 2.54. The molecule has 1 atom stereocenters. The van der Waals surface area contributed by atoms with Gasteiger partial charge >= 0.3 is 6.18 Å². The third kappa shape index (κ3) is 5.32. The number of hydrogen-bond donors (Lipinski definition) is 2. The Morgan fingerprint density at radius 3 is 2.50 bits per heavy atom. The van der Waals surface area contributed by atoms with Crippen LogP contribution in [-0.2, 0) is 15.8 Å². The van der Waals surface area contributed by atoms with E-state index >= 15 is 0 Å². The van der Waals surface area contributed by atoms with Gasteiger partial charge in [0.2, 0.25) is 11.8 Å². The fourth-order valence-corrected chi connectivity index (χ4v) is 3.25. The third-order valence-electron chi connectivity index (χ3n) is 4.27. The number of halogens is 4. The molecule has 0 saturated heterocycles. The Kier molecular flexibility index (Phi) is 6.63. The highest BCUT2D eigenvalue weighted by Crippen LogP contribution is 2.35. The Labute approximate surface area is 183 Å². The van der Waals surface area contributed by atoms with Crippen molar-refractivity contribution in [3.05, 3.63) is 65.8 Å². The molecule has 0 bridgehead atoms. The van der Waals surface area contributed by atoms with Gasteiger partial charge in [-0.25, -0.2) is 14.4 Å². The van der Waals surface area contributed by atoms with Crippen LogP contribution in [0.15, 0.2) is 49.6 Å². The fourth-order valence-electron chi connectivity index (χ4n) is 2.56. The van der Waals surface area contributed by atoms with Gasteiger partial charge in [-0.1, -0.05) is 17.9 Å². The van der Waals surface area contributed by atoms with E-state index in [0.717, 1.165) is 12.1 Å². The van der Waals surface area contributed by atoms with Gasteiger partial charge in [-0.15, -0.1) is 0 Å². The normalized spacial score (nSPS) is 12.2. The second kappa shape index (κ2) is 9.22. The molecule has 3 rings (SSSR count). The van der Waals surface area contributed by atoms with Crippen LogP contribution in [0, 0.1) is 5.82 Å². The van der Waals surface area contributed by atoms with Crippen molar-refractivity contribution < 1.29 is 27.2 Å². The summed E-state index contributed by atoms with van der Waals surface area (Å²) in [4.78, 5) is 34.4. The molecule has 0 aliphatic heterocycles. The standard InChI is InChI=1S/C20H15F4N5O2S/c1-3-17(30)28-16-5-14(21)13(8-26-16)12-4-11(6-25-7-12)10(2)18(31)29-19-27-9-15(32-19)20(22,23)24/h3-10H,1H2,2H3,(H,26,28,30)(H,27,29,31). The Morgan fingerprint density at radius 2 is 1.88 bits per heavy atom. The maximum atomic E-state index is 14.5. The molecule has 32 heavy (non-hydrogen) atoms. The van der Waals surface area contributed by atoms with Gasteiger partial charge in [-0.05, 0) is 24.6 Å². The van der Waals surface area contributed by atoms with Crippen LogP contribution in [-0.4, -0.2) is 26.8 Å². The number of hydrogen-bond acceptors (Lipinski definition) is 6. The molecule has 12 heteroatoms. The molecule has 3 aromatic heterocycles. The number of thiazole rings is 1. The number of amides is 2. The van der Waals surface area contributed by atoms with Gasteiger partial charge in [0.05, 0.1) is 12.1 Å². The summed E-state index contributed by atoms with van der Waals surface area (Å²) >= 11 is 0.312. The van der Waals surface area contributed by atoms with Gasteiger partial charge in [-0.3, -0.25) is 14.6 Å². The first-order valence-electron chi connectivity index (χ1n) is 8.96. The molecule has 1 unspecified atom stereocenters. The van der Waals surface area contributed by atoms with Crippen LogP contribution >= 0.6 is 11.3 Å². The summed E-state index contributed by atoms with van der Waals surface area (Å²) in [5.41, 5.74) is 0.802. The molecule has 0 aliphatic rings. The van der Waals surface area contributed by atoms with Crippen molar-refractivity contribution >= 4 is 34.1 Å². The molecule has 3 aromatic rings. The zero-order valence-electron chi connectivity index (χ0n) is 16.4. The fraction of sp³-hybridized carbons (Fsp3) is 0.150. The van der Waals surface area contributed by atoms with E-state index in [1.807, 2.05) is 0 Å². The summed E-state index contributed by atoms with van der Waals surface area (Å²) in [6.07, 6.45) is 1.07. The average Bonchev–Trinajstić information content (AvgIpc) is 3.22. The first kappa shape index (κ1) is 23.0. The van der Waals surface area contributed by atoms with Crippen molar-refractivity contribution in [2.45, 2.75) is 19.0 Å². The van der Waals surface area contributed by atoms with Gasteiger partial charge in [0.1, 0.15) is 16.5 Å². The number of aromatic nitrogens is 3. The molecule has 7 nitrogen and oxygen atoms in total. The average molecular weight is 465 g/mol. The Morgan fingerprint density at radius 1 is 1.12 bits per heavy atom. The first-order valence-corrected chi connectivity index (χ1v) is 9.78. The number of alkyl halides is 3. The summed E-state index contributed by atoms with van der Waals surface area (Å²) in [7, 11) is 0. The maximum Gasteiger partial charge on any atom is 0.427 e. The molecule has 166 valence electrons. The first-order chi connectivity index (χ1) is 15.1. The van der Waals surface area contributed by atoms with Crippen LogP contribution in [0.2, 0.25) is 0 Å². The zero-order valence-corrected chi connectivity index (χ0v) is 17.2. The van der Waals surface area contributed by atoms with E-state index in [0.29, 0.717) is 28.7 Å². The number of rotatable bonds is 6. The van der Waals surface area contributed by atoms with Gasteiger partial charge < -0.3 is 10.6 Å². The van der Waals surface area contributed by atoms with Crippen molar-refractivity contribution in [2.24, 2.45) is 0 Å². The van der Waals surface area contributed by atoms with Crippen molar-refractivity contribution in [3.63, 3.8) is 0 Å². The summed E-state index contributed by atoms with van der Waals surface area (Å²) in [5, 5.41) is 4.49. The Hall–Kier alpha value is -3.67. The molecule has 0 aliphatic carbocycles. The minimum Gasteiger partial charge on any atom is -0.307 e. The minimum atomic E-state index is -4.55.